The van der Waals surface area contributed by atoms with E-state index in [2.05, 4.69) is 84.9 Å². The van der Waals surface area contributed by atoms with E-state index in [1.54, 1.807) is 0 Å². The molecule has 0 aliphatic rings. The fourth-order valence-corrected chi connectivity index (χ4v) is 4.72. The van der Waals surface area contributed by atoms with Gasteiger partial charge in [-0.1, -0.05) is 36.4 Å². The van der Waals surface area contributed by atoms with Crippen LogP contribution in [0.3, 0.4) is 0 Å². The van der Waals surface area contributed by atoms with Crippen LogP contribution in [0.15, 0.2) is 99.6 Å². The molecule has 0 unspecified atom stereocenters. The smallest absolute Gasteiger partial charge is 0.166 e. The van der Waals surface area contributed by atoms with Gasteiger partial charge in [0.05, 0.1) is 23.6 Å². The maximum atomic E-state index is 5.78. The summed E-state index contributed by atoms with van der Waals surface area (Å²) in [6.45, 7) is 5.24. The van der Waals surface area contributed by atoms with Crippen molar-refractivity contribution in [1.29, 1.82) is 0 Å². The Morgan fingerprint density at radius 2 is 1.15 bits per heavy atom. The number of benzene rings is 3. The van der Waals surface area contributed by atoms with Crippen molar-refractivity contribution < 1.29 is 9.47 Å². The summed E-state index contributed by atoms with van der Waals surface area (Å²) in [6, 6.07) is 29.8. The number of hydrogen-bond acceptors (Lipinski definition) is 2. The van der Waals surface area contributed by atoms with Gasteiger partial charge in [0.25, 0.3) is 0 Å². The van der Waals surface area contributed by atoms with Gasteiger partial charge in [0.2, 0.25) is 0 Å². The lowest BCUT2D eigenvalue weighted by molar-refractivity contribution is 0.0552. The first-order valence-corrected chi connectivity index (χ1v) is 10.2. The van der Waals surface area contributed by atoms with Crippen molar-refractivity contribution in [2.75, 3.05) is 13.2 Å². The summed E-state index contributed by atoms with van der Waals surface area (Å²) < 4.78 is 11.3. The van der Waals surface area contributed by atoms with Gasteiger partial charge in [0, 0.05) is 0 Å². The zero-order valence-corrected chi connectivity index (χ0v) is 16.1. The molecule has 0 aliphatic heterocycles. The Bertz CT molecular complexity index is 731. The molecule has 0 spiro atoms. The molecule has 2 nitrogen and oxygen atoms in total. The zero-order chi connectivity index (χ0) is 18.2. The monoisotopic (exact) mass is 365 g/mol. The van der Waals surface area contributed by atoms with Crippen molar-refractivity contribution in [3.8, 4) is 5.75 Å². The number of hydrogen-bond donors (Lipinski definition) is 0. The summed E-state index contributed by atoms with van der Waals surface area (Å²) in [7, 11) is -0.117. The van der Waals surface area contributed by atoms with Crippen LogP contribution in [0.5, 0.6) is 5.75 Å². The maximum Gasteiger partial charge on any atom is 0.166 e. The van der Waals surface area contributed by atoms with E-state index in [4.69, 9.17) is 9.47 Å². The van der Waals surface area contributed by atoms with Gasteiger partial charge in [-0.3, -0.25) is 0 Å². The molecule has 26 heavy (non-hydrogen) atoms. The van der Waals surface area contributed by atoms with Gasteiger partial charge in [-0.15, -0.1) is 0 Å². The summed E-state index contributed by atoms with van der Waals surface area (Å²) in [5.41, 5.74) is 0. The first-order valence-electron chi connectivity index (χ1n) is 8.93. The largest absolute Gasteiger partial charge is 0.491 e. The third kappa shape index (κ3) is 5.13. The quantitative estimate of drug-likeness (QED) is 0.383. The Morgan fingerprint density at radius 1 is 0.654 bits per heavy atom. The van der Waals surface area contributed by atoms with Crippen molar-refractivity contribution in [3.63, 3.8) is 0 Å². The zero-order valence-electron chi connectivity index (χ0n) is 15.3. The first kappa shape index (κ1) is 18.6. The third-order valence-electron chi connectivity index (χ3n) is 3.82. The van der Waals surface area contributed by atoms with E-state index in [1.165, 1.54) is 14.7 Å². The summed E-state index contributed by atoms with van der Waals surface area (Å²) in [5.74, 6) is 0.880. The normalized spacial score (nSPS) is 11.1. The van der Waals surface area contributed by atoms with Gasteiger partial charge in [-0.25, -0.2) is 0 Å². The second-order valence-electron chi connectivity index (χ2n) is 6.17. The molecule has 0 radical (unpaired) electrons. The molecule has 3 aromatic rings. The van der Waals surface area contributed by atoms with Crippen LogP contribution in [0.4, 0.5) is 0 Å². The van der Waals surface area contributed by atoms with E-state index in [1.807, 2.05) is 13.8 Å². The standard InChI is InChI=1S/C23H25O2S/c1-19(2)24-17-18-25-20-13-15-23(16-14-20)26(21-9-5-3-6-10-21)22-11-7-4-8-12-22/h3-16,19H,17-18H2,1-2H3/q+1. The molecule has 0 saturated heterocycles. The van der Waals surface area contributed by atoms with Crippen molar-refractivity contribution in [3.05, 3.63) is 84.9 Å². The van der Waals surface area contributed by atoms with Crippen LogP contribution < -0.4 is 4.74 Å². The molecule has 0 aliphatic carbocycles. The Balaban J connectivity index is 1.77. The maximum absolute atomic E-state index is 5.78. The molecule has 3 rings (SSSR count). The van der Waals surface area contributed by atoms with Crippen molar-refractivity contribution in [1.82, 2.24) is 0 Å². The minimum Gasteiger partial charge on any atom is -0.491 e. The van der Waals surface area contributed by atoms with E-state index >= 15 is 0 Å². The van der Waals surface area contributed by atoms with E-state index in [-0.39, 0.29) is 17.0 Å². The van der Waals surface area contributed by atoms with Crippen LogP contribution in [0.1, 0.15) is 13.8 Å². The predicted octanol–water partition coefficient (Wildman–Crippen LogP) is 5.59. The highest BCUT2D eigenvalue weighted by atomic mass is 32.2. The molecule has 134 valence electrons. The molecule has 0 saturated carbocycles. The Kier molecular flexibility index (Phi) is 6.75. The molecule has 0 fully saturated rings. The average Bonchev–Trinajstić information content (AvgIpc) is 2.68. The summed E-state index contributed by atoms with van der Waals surface area (Å²) in [5, 5.41) is 0. The second kappa shape index (κ2) is 9.46. The molecule has 0 bridgehead atoms. The highest BCUT2D eigenvalue weighted by molar-refractivity contribution is 7.97. The fraction of sp³-hybridized carbons (Fsp3) is 0.217. The molecule has 0 amide bonds. The van der Waals surface area contributed by atoms with Gasteiger partial charge in [-0.2, -0.15) is 0 Å². The van der Waals surface area contributed by atoms with Crippen LogP contribution in [0.2, 0.25) is 0 Å². The van der Waals surface area contributed by atoms with E-state index < -0.39 is 0 Å². The number of ether oxygens (including phenoxy) is 2. The molecule has 3 aromatic carbocycles. The lowest BCUT2D eigenvalue weighted by Gasteiger charge is -2.10. The molecule has 0 atom stereocenters. The lowest BCUT2D eigenvalue weighted by Crippen LogP contribution is -2.11. The highest BCUT2D eigenvalue weighted by Crippen LogP contribution is 2.31. The molecular formula is C23H25O2S+. The molecule has 0 heterocycles. The lowest BCUT2D eigenvalue weighted by atomic mass is 10.3. The van der Waals surface area contributed by atoms with Gasteiger partial charge < -0.3 is 9.47 Å². The third-order valence-corrected chi connectivity index (χ3v) is 6.05. The first-order chi connectivity index (χ1) is 12.7. The van der Waals surface area contributed by atoms with Crippen LogP contribution in [0.25, 0.3) is 0 Å². The Hall–Kier alpha value is -2.23. The van der Waals surface area contributed by atoms with Gasteiger partial charge >= 0.3 is 0 Å². The van der Waals surface area contributed by atoms with Crippen molar-refractivity contribution in [2.24, 2.45) is 0 Å². The Morgan fingerprint density at radius 3 is 1.65 bits per heavy atom. The van der Waals surface area contributed by atoms with Crippen molar-refractivity contribution in [2.45, 2.75) is 34.6 Å². The summed E-state index contributed by atoms with van der Waals surface area (Å²) in [4.78, 5) is 3.92. The highest BCUT2D eigenvalue weighted by Gasteiger charge is 2.28. The minimum atomic E-state index is -0.117. The van der Waals surface area contributed by atoms with E-state index in [9.17, 15) is 0 Å². The van der Waals surface area contributed by atoms with Crippen LogP contribution in [-0.4, -0.2) is 19.3 Å². The minimum absolute atomic E-state index is 0.117. The number of rotatable bonds is 8. The SMILES string of the molecule is CC(C)OCCOc1ccc([S+](c2ccccc2)c2ccccc2)cc1. The fourth-order valence-electron chi connectivity index (χ4n) is 2.64. The average molecular weight is 366 g/mol. The summed E-state index contributed by atoms with van der Waals surface area (Å²) in [6.07, 6.45) is 0.236. The molecular weight excluding hydrogens is 340 g/mol. The van der Waals surface area contributed by atoms with Crippen LogP contribution >= 0.6 is 0 Å². The van der Waals surface area contributed by atoms with Crippen LogP contribution in [0, 0.1) is 0 Å². The van der Waals surface area contributed by atoms with Gasteiger partial charge in [0.15, 0.2) is 14.7 Å². The van der Waals surface area contributed by atoms with Crippen LogP contribution in [-0.2, 0) is 15.6 Å². The Labute approximate surface area is 159 Å². The van der Waals surface area contributed by atoms with Gasteiger partial charge in [-0.05, 0) is 62.4 Å². The summed E-state index contributed by atoms with van der Waals surface area (Å²) >= 11 is 0. The molecule has 0 aromatic heterocycles. The topological polar surface area (TPSA) is 18.5 Å². The predicted molar refractivity (Wildman–Crippen MR) is 108 cm³/mol. The molecule has 3 heteroatoms. The van der Waals surface area contributed by atoms with Crippen molar-refractivity contribution >= 4 is 10.9 Å². The second-order valence-corrected chi connectivity index (χ2v) is 8.20. The van der Waals surface area contributed by atoms with E-state index in [0.29, 0.717) is 13.2 Å². The van der Waals surface area contributed by atoms with E-state index in [0.717, 1.165) is 5.75 Å². The van der Waals surface area contributed by atoms with Gasteiger partial charge in [0.1, 0.15) is 12.4 Å². The molecule has 0 N–H and O–H groups in total.